The van der Waals surface area contributed by atoms with E-state index in [0.29, 0.717) is 6.54 Å². The van der Waals surface area contributed by atoms with Crippen LogP contribution in [0.2, 0.25) is 0 Å². The Kier molecular flexibility index (Phi) is 4.26. The summed E-state index contributed by atoms with van der Waals surface area (Å²) in [6.45, 7) is 7.87. The first-order valence-corrected chi connectivity index (χ1v) is 7.24. The van der Waals surface area contributed by atoms with Crippen LogP contribution in [0.25, 0.3) is 0 Å². The van der Waals surface area contributed by atoms with Crippen LogP contribution >= 0.6 is 0 Å². The zero-order valence-corrected chi connectivity index (χ0v) is 12.5. The third kappa shape index (κ3) is 3.08. The number of carboxylic acids is 1. The largest absolute Gasteiger partial charge is 0.481 e. The molecule has 0 spiro atoms. The molecule has 0 bridgehead atoms. The number of aliphatic carboxylic acids is 1. The van der Waals surface area contributed by atoms with Crippen LogP contribution < -0.4 is 4.90 Å². The first-order chi connectivity index (χ1) is 9.44. The van der Waals surface area contributed by atoms with Crippen molar-refractivity contribution in [3.05, 3.63) is 18.1 Å². The summed E-state index contributed by atoms with van der Waals surface area (Å²) in [5, 5.41) is 9.17. The van der Waals surface area contributed by atoms with E-state index in [-0.39, 0.29) is 11.3 Å². The summed E-state index contributed by atoms with van der Waals surface area (Å²) in [6, 6.07) is 2.01. The van der Waals surface area contributed by atoms with Crippen molar-refractivity contribution in [1.29, 1.82) is 0 Å². The normalized spacial score (nSPS) is 19.9. The van der Waals surface area contributed by atoms with Gasteiger partial charge in [-0.3, -0.25) is 4.79 Å². The Morgan fingerprint density at radius 2 is 2.25 bits per heavy atom. The van der Waals surface area contributed by atoms with Gasteiger partial charge in [-0.05, 0) is 19.3 Å². The van der Waals surface area contributed by atoms with E-state index < -0.39 is 5.97 Å². The Labute approximate surface area is 120 Å². The zero-order valence-electron chi connectivity index (χ0n) is 12.5. The monoisotopic (exact) mass is 277 g/mol. The van der Waals surface area contributed by atoms with Crippen molar-refractivity contribution >= 4 is 11.8 Å². The molecule has 0 aromatic carbocycles. The molecule has 1 atom stereocenters. The van der Waals surface area contributed by atoms with Crippen molar-refractivity contribution in [2.45, 2.75) is 45.4 Å². The summed E-state index contributed by atoms with van der Waals surface area (Å²) >= 11 is 0. The maximum atomic E-state index is 11.1. The molecule has 0 saturated carbocycles. The maximum Gasteiger partial charge on any atom is 0.308 e. The predicted molar refractivity (Wildman–Crippen MR) is 77.9 cm³/mol. The molecule has 1 saturated heterocycles. The lowest BCUT2D eigenvalue weighted by molar-refractivity contribution is -0.141. The highest BCUT2D eigenvalue weighted by molar-refractivity contribution is 5.71. The number of rotatable bonds is 4. The fourth-order valence-corrected chi connectivity index (χ4v) is 2.46. The SMILES string of the molecule is CCC(C)(C)c1cc(N2CCCC(C(=O)O)C2)ncn1. The second-order valence-electron chi connectivity index (χ2n) is 6.12. The van der Waals surface area contributed by atoms with Crippen LogP contribution in [-0.2, 0) is 10.2 Å². The van der Waals surface area contributed by atoms with Gasteiger partial charge in [0.15, 0.2) is 0 Å². The van der Waals surface area contributed by atoms with E-state index in [1.54, 1.807) is 6.33 Å². The second kappa shape index (κ2) is 5.77. The van der Waals surface area contributed by atoms with E-state index in [2.05, 4.69) is 35.6 Å². The molecule has 1 unspecified atom stereocenters. The number of carbonyl (C=O) groups is 1. The van der Waals surface area contributed by atoms with E-state index in [1.807, 2.05) is 6.07 Å². The molecule has 2 heterocycles. The number of hydrogen-bond acceptors (Lipinski definition) is 4. The molecule has 0 amide bonds. The fourth-order valence-electron chi connectivity index (χ4n) is 2.46. The van der Waals surface area contributed by atoms with E-state index in [4.69, 9.17) is 5.11 Å². The van der Waals surface area contributed by atoms with Crippen LogP contribution in [0.1, 0.15) is 45.7 Å². The molecule has 2 rings (SSSR count). The van der Waals surface area contributed by atoms with Crippen molar-refractivity contribution in [2.24, 2.45) is 5.92 Å². The number of carboxylic acid groups (broad SMARTS) is 1. The van der Waals surface area contributed by atoms with Gasteiger partial charge in [0.05, 0.1) is 11.6 Å². The van der Waals surface area contributed by atoms with Crippen LogP contribution in [0.5, 0.6) is 0 Å². The van der Waals surface area contributed by atoms with Crippen LogP contribution in [0.4, 0.5) is 5.82 Å². The summed E-state index contributed by atoms with van der Waals surface area (Å²) in [6.07, 6.45) is 4.24. The van der Waals surface area contributed by atoms with Gasteiger partial charge in [0.2, 0.25) is 0 Å². The van der Waals surface area contributed by atoms with Gasteiger partial charge < -0.3 is 10.0 Å². The van der Waals surface area contributed by atoms with Crippen LogP contribution in [0.3, 0.4) is 0 Å². The zero-order chi connectivity index (χ0) is 14.8. The van der Waals surface area contributed by atoms with Gasteiger partial charge in [-0.2, -0.15) is 0 Å². The van der Waals surface area contributed by atoms with Crippen molar-refractivity contribution in [1.82, 2.24) is 9.97 Å². The Balaban J connectivity index is 2.20. The van der Waals surface area contributed by atoms with Crippen molar-refractivity contribution in [3.63, 3.8) is 0 Å². The van der Waals surface area contributed by atoms with Gasteiger partial charge in [-0.25, -0.2) is 9.97 Å². The second-order valence-corrected chi connectivity index (χ2v) is 6.12. The van der Waals surface area contributed by atoms with Gasteiger partial charge in [-0.1, -0.05) is 20.8 Å². The molecule has 0 aliphatic carbocycles. The summed E-state index contributed by atoms with van der Waals surface area (Å²) in [7, 11) is 0. The maximum absolute atomic E-state index is 11.1. The molecule has 1 aromatic heterocycles. The predicted octanol–water partition coefficient (Wildman–Crippen LogP) is 2.47. The molecule has 110 valence electrons. The molecular formula is C15H23N3O2. The third-order valence-electron chi connectivity index (χ3n) is 4.32. The lowest BCUT2D eigenvalue weighted by Crippen LogP contribution is -2.39. The summed E-state index contributed by atoms with van der Waals surface area (Å²) in [5.41, 5.74) is 1.03. The molecule has 1 aromatic rings. The lowest BCUT2D eigenvalue weighted by atomic mass is 9.86. The van der Waals surface area contributed by atoms with Gasteiger partial charge in [0, 0.05) is 24.6 Å². The van der Waals surface area contributed by atoms with E-state index >= 15 is 0 Å². The topological polar surface area (TPSA) is 66.3 Å². The number of nitrogens with zero attached hydrogens (tertiary/aromatic N) is 3. The highest BCUT2D eigenvalue weighted by Gasteiger charge is 2.27. The molecule has 1 N–H and O–H groups in total. The Morgan fingerprint density at radius 3 is 2.90 bits per heavy atom. The number of aromatic nitrogens is 2. The standard InChI is InChI=1S/C15H23N3O2/c1-4-15(2,3)12-8-13(17-10-16-12)18-7-5-6-11(9-18)14(19)20/h8,10-11H,4-7,9H2,1-3H3,(H,19,20). The van der Waals surface area contributed by atoms with Gasteiger partial charge >= 0.3 is 5.97 Å². The molecule has 0 radical (unpaired) electrons. The van der Waals surface area contributed by atoms with Crippen molar-refractivity contribution in [3.8, 4) is 0 Å². The quantitative estimate of drug-likeness (QED) is 0.915. The minimum atomic E-state index is -0.710. The minimum absolute atomic E-state index is 0.0136. The molecule has 1 fully saturated rings. The Bertz CT molecular complexity index is 488. The summed E-state index contributed by atoms with van der Waals surface area (Å²) in [5.74, 6) is -0.151. The van der Waals surface area contributed by atoms with E-state index in [0.717, 1.165) is 37.3 Å². The van der Waals surface area contributed by atoms with Crippen LogP contribution in [-0.4, -0.2) is 34.1 Å². The number of anilines is 1. The first kappa shape index (κ1) is 14.8. The van der Waals surface area contributed by atoms with Gasteiger partial charge in [-0.15, -0.1) is 0 Å². The molecule has 5 nitrogen and oxygen atoms in total. The first-order valence-electron chi connectivity index (χ1n) is 7.24. The number of hydrogen-bond donors (Lipinski definition) is 1. The third-order valence-corrected chi connectivity index (χ3v) is 4.32. The molecule has 1 aliphatic heterocycles. The fraction of sp³-hybridized carbons (Fsp3) is 0.667. The smallest absolute Gasteiger partial charge is 0.308 e. The average molecular weight is 277 g/mol. The number of piperidine rings is 1. The van der Waals surface area contributed by atoms with Gasteiger partial charge in [0.1, 0.15) is 12.1 Å². The van der Waals surface area contributed by atoms with Gasteiger partial charge in [0.25, 0.3) is 0 Å². The van der Waals surface area contributed by atoms with E-state index in [9.17, 15) is 4.79 Å². The highest BCUT2D eigenvalue weighted by Crippen LogP contribution is 2.28. The molecule has 20 heavy (non-hydrogen) atoms. The average Bonchev–Trinajstić information content (AvgIpc) is 2.47. The Morgan fingerprint density at radius 1 is 1.50 bits per heavy atom. The molecule has 5 heteroatoms. The minimum Gasteiger partial charge on any atom is -0.481 e. The molecule has 1 aliphatic rings. The summed E-state index contributed by atoms with van der Waals surface area (Å²) in [4.78, 5) is 21.9. The molecular weight excluding hydrogens is 254 g/mol. The van der Waals surface area contributed by atoms with Crippen LogP contribution in [0, 0.1) is 5.92 Å². The van der Waals surface area contributed by atoms with Crippen LogP contribution in [0.15, 0.2) is 12.4 Å². The lowest BCUT2D eigenvalue weighted by Gasteiger charge is -2.32. The Hall–Kier alpha value is -1.65. The van der Waals surface area contributed by atoms with Crippen molar-refractivity contribution < 1.29 is 9.90 Å². The summed E-state index contributed by atoms with van der Waals surface area (Å²) < 4.78 is 0. The van der Waals surface area contributed by atoms with Crippen molar-refractivity contribution in [2.75, 3.05) is 18.0 Å². The highest BCUT2D eigenvalue weighted by atomic mass is 16.4. The van der Waals surface area contributed by atoms with E-state index in [1.165, 1.54) is 0 Å².